The number of hydrogen-bond donors (Lipinski definition) is 0. The molecule has 1 amide bonds. The number of hydrogen-bond acceptors (Lipinski definition) is 5. The molecule has 0 fully saturated rings. The van der Waals surface area contributed by atoms with Crippen LogP contribution in [0.2, 0.25) is 0 Å². The van der Waals surface area contributed by atoms with Gasteiger partial charge in [-0.3, -0.25) is 4.79 Å². The molecule has 6 heteroatoms. The maximum absolute atomic E-state index is 12.5. The van der Waals surface area contributed by atoms with E-state index >= 15 is 0 Å². The van der Waals surface area contributed by atoms with E-state index in [9.17, 15) is 4.79 Å². The van der Waals surface area contributed by atoms with Crippen molar-refractivity contribution in [2.24, 2.45) is 0 Å². The lowest BCUT2D eigenvalue weighted by atomic mass is 10.2. The molecule has 0 unspecified atom stereocenters. The first-order valence-electron chi connectivity index (χ1n) is 8.12. The predicted molar refractivity (Wildman–Crippen MR) is 99.5 cm³/mol. The Balaban J connectivity index is 2.20. The van der Waals surface area contributed by atoms with Gasteiger partial charge in [0.1, 0.15) is 15.7 Å². The third-order valence-electron chi connectivity index (χ3n) is 3.78. The molecule has 0 saturated heterocycles. The minimum atomic E-state index is 0.202. The zero-order chi connectivity index (χ0) is 17.0. The lowest BCUT2D eigenvalue weighted by molar-refractivity contribution is -0.128. The van der Waals surface area contributed by atoms with Crippen LogP contribution in [0.15, 0.2) is 5.03 Å². The van der Waals surface area contributed by atoms with Gasteiger partial charge < -0.3 is 4.90 Å². The van der Waals surface area contributed by atoms with E-state index < -0.39 is 0 Å². The van der Waals surface area contributed by atoms with E-state index in [1.54, 1.807) is 23.1 Å². The standard InChI is InChI=1S/C17H25N3OS2/c1-6-8-20(9-7-2)14(21)10-22-16-15-11(3)12(4)23-17(15)19-13(5)18-16/h6-10H2,1-5H3. The molecule has 126 valence electrons. The van der Waals surface area contributed by atoms with Gasteiger partial charge in [0.25, 0.3) is 0 Å². The first-order chi connectivity index (χ1) is 11.0. The number of aromatic nitrogens is 2. The summed E-state index contributed by atoms with van der Waals surface area (Å²) in [6, 6.07) is 0. The fourth-order valence-corrected chi connectivity index (χ4v) is 4.71. The van der Waals surface area contributed by atoms with Crippen LogP contribution in [0.3, 0.4) is 0 Å². The predicted octanol–water partition coefficient (Wildman–Crippen LogP) is 4.36. The van der Waals surface area contributed by atoms with E-state index in [4.69, 9.17) is 0 Å². The Labute approximate surface area is 146 Å². The Morgan fingerprint density at radius 1 is 1.13 bits per heavy atom. The minimum Gasteiger partial charge on any atom is -0.342 e. The van der Waals surface area contributed by atoms with Crippen molar-refractivity contribution in [2.45, 2.75) is 52.5 Å². The van der Waals surface area contributed by atoms with Gasteiger partial charge in [0, 0.05) is 23.4 Å². The fourth-order valence-electron chi connectivity index (χ4n) is 2.54. The van der Waals surface area contributed by atoms with Crippen LogP contribution in [-0.4, -0.2) is 39.6 Å². The number of thiophene rings is 1. The molecule has 23 heavy (non-hydrogen) atoms. The number of rotatable bonds is 7. The van der Waals surface area contributed by atoms with Crippen molar-refractivity contribution < 1.29 is 4.79 Å². The molecule has 2 rings (SSSR count). The summed E-state index contributed by atoms with van der Waals surface area (Å²) >= 11 is 3.25. The number of carbonyl (C=O) groups is 1. The van der Waals surface area contributed by atoms with Gasteiger partial charge in [-0.2, -0.15) is 0 Å². The summed E-state index contributed by atoms with van der Waals surface area (Å²) < 4.78 is 0. The summed E-state index contributed by atoms with van der Waals surface area (Å²) in [5.74, 6) is 1.42. The Morgan fingerprint density at radius 2 is 1.78 bits per heavy atom. The highest BCUT2D eigenvalue weighted by atomic mass is 32.2. The molecule has 2 heterocycles. The van der Waals surface area contributed by atoms with Crippen LogP contribution in [0.1, 0.15) is 43.0 Å². The quantitative estimate of drug-likeness (QED) is 0.549. The van der Waals surface area contributed by atoms with Crippen molar-refractivity contribution in [3.63, 3.8) is 0 Å². The van der Waals surface area contributed by atoms with Crippen LogP contribution in [0.4, 0.5) is 0 Å². The van der Waals surface area contributed by atoms with Crippen molar-refractivity contribution in [1.29, 1.82) is 0 Å². The second-order valence-corrected chi connectivity index (χ2v) is 7.88. The van der Waals surface area contributed by atoms with Crippen LogP contribution < -0.4 is 0 Å². The van der Waals surface area contributed by atoms with Crippen molar-refractivity contribution in [3.05, 3.63) is 16.3 Å². The monoisotopic (exact) mass is 351 g/mol. The molecule has 0 aromatic carbocycles. The van der Waals surface area contributed by atoms with Gasteiger partial charge in [-0.15, -0.1) is 11.3 Å². The molecule has 0 saturated carbocycles. The molecule has 0 bridgehead atoms. The third-order valence-corrected chi connectivity index (χ3v) is 5.84. The molecule has 0 N–H and O–H groups in total. The summed E-state index contributed by atoms with van der Waals surface area (Å²) in [6.07, 6.45) is 1.99. The van der Waals surface area contributed by atoms with Crippen molar-refractivity contribution >= 4 is 39.2 Å². The highest BCUT2D eigenvalue weighted by molar-refractivity contribution is 8.00. The van der Waals surface area contributed by atoms with E-state index in [1.807, 2.05) is 11.8 Å². The average molecular weight is 352 g/mol. The highest BCUT2D eigenvalue weighted by Crippen LogP contribution is 2.35. The topological polar surface area (TPSA) is 46.1 Å². The first kappa shape index (κ1) is 18.2. The maximum atomic E-state index is 12.5. The molecule has 0 atom stereocenters. The summed E-state index contributed by atoms with van der Waals surface area (Å²) in [7, 11) is 0. The van der Waals surface area contributed by atoms with Crippen molar-refractivity contribution in [2.75, 3.05) is 18.8 Å². The van der Waals surface area contributed by atoms with Crippen molar-refractivity contribution in [3.8, 4) is 0 Å². The SMILES string of the molecule is CCCN(CCC)C(=O)CSc1nc(C)nc2sc(C)c(C)c12. The van der Waals surface area contributed by atoms with E-state index in [1.165, 1.54) is 10.4 Å². The summed E-state index contributed by atoms with van der Waals surface area (Å²) in [4.78, 5) is 25.9. The normalized spacial score (nSPS) is 11.2. The Kier molecular flexibility index (Phi) is 6.41. The zero-order valence-corrected chi connectivity index (χ0v) is 16.2. The Morgan fingerprint density at radius 3 is 2.39 bits per heavy atom. The molecular weight excluding hydrogens is 326 g/mol. The van der Waals surface area contributed by atoms with E-state index in [0.29, 0.717) is 5.75 Å². The fraction of sp³-hybridized carbons (Fsp3) is 0.588. The number of fused-ring (bicyclic) bond motifs is 1. The lowest BCUT2D eigenvalue weighted by Crippen LogP contribution is -2.33. The third kappa shape index (κ3) is 4.23. The summed E-state index contributed by atoms with van der Waals surface area (Å²) in [6.45, 7) is 12.0. The van der Waals surface area contributed by atoms with Gasteiger partial charge in [0.05, 0.1) is 5.75 Å². The number of carbonyl (C=O) groups excluding carboxylic acids is 1. The molecular formula is C17H25N3OS2. The molecule has 0 aliphatic heterocycles. The first-order valence-corrected chi connectivity index (χ1v) is 9.93. The lowest BCUT2D eigenvalue weighted by Gasteiger charge is -2.21. The summed E-state index contributed by atoms with van der Waals surface area (Å²) in [5.41, 5.74) is 1.24. The van der Waals surface area contributed by atoms with Crippen LogP contribution in [-0.2, 0) is 4.79 Å². The van der Waals surface area contributed by atoms with Crippen LogP contribution in [0, 0.1) is 20.8 Å². The molecule has 2 aromatic heterocycles. The van der Waals surface area contributed by atoms with Gasteiger partial charge in [0.2, 0.25) is 5.91 Å². The molecule has 0 radical (unpaired) electrons. The Bertz CT molecular complexity index is 691. The molecule has 2 aromatic rings. The van der Waals surface area contributed by atoms with Gasteiger partial charge >= 0.3 is 0 Å². The second kappa shape index (κ2) is 8.11. The molecule has 0 spiro atoms. The minimum absolute atomic E-state index is 0.202. The van der Waals surface area contributed by atoms with Crippen LogP contribution >= 0.6 is 23.1 Å². The second-order valence-electron chi connectivity index (χ2n) is 5.71. The van der Waals surface area contributed by atoms with E-state index in [-0.39, 0.29) is 5.91 Å². The molecule has 4 nitrogen and oxygen atoms in total. The Hall–Kier alpha value is -1.14. The molecule has 0 aliphatic carbocycles. The highest BCUT2D eigenvalue weighted by Gasteiger charge is 2.17. The molecule has 0 aliphatic rings. The van der Waals surface area contributed by atoms with Gasteiger partial charge in [-0.05, 0) is 39.2 Å². The van der Waals surface area contributed by atoms with Crippen LogP contribution in [0.5, 0.6) is 0 Å². The van der Waals surface area contributed by atoms with Gasteiger partial charge in [0.15, 0.2) is 0 Å². The summed E-state index contributed by atoms with van der Waals surface area (Å²) in [5, 5.41) is 2.06. The maximum Gasteiger partial charge on any atom is 0.232 e. The van der Waals surface area contributed by atoms with Crippen LogP contribution in [0.25, 0.3) is 10.2 Å². The van der Waals surface area contributed by atoms with Gasteiger partial charge in [-0.25, -0.2) is 9.97 Å². The number of nitrogens with zero attached hydrogens (tertiary/aromatic N) is 3. The van der Waals surface area contributed by atoms with Crippen molar-refractivity contribution in [1.82, 2.24) is 14.9 Å². The average Bonchev–Trinajstić information content (AvgIpc) is 2.78. The van der Waals surface area contributed by atoms with E-state index in [2.05, 4.69) is 37.7 Å². The smallest absolute Gasteiger partial charge is 0.232 e. The van der Waals surface area contributed by atoms with E-state index in [0.717, 1.165) is 47.0 Å². The largest absolute Gasteiger partial charge is 0.342 e. The number of amides is 1. The van der Waals surface area contributed by atoms with Gasteiger partial charge in [-0.1, -0.05) is 25.6 Å². The number of thioether (sulfide) groups is 1. The number of aryl methyl sites for hydroxylation is 3. The zero-order valence-electron chi connectivity index (χ0n) is 14.6.